The molecular formula is C23H36O5. The van der Waals surface area contributed by atoms with Crippen molar-refractivity contribution in [2.75, 3.05) is 13.2 Å². The van der Waals surface area contributed by atoms with Gasteiger partial charge in [0.05, 0.1) is 24.7 Å². The molecule has 158 valence electrons. The van der Waals surface area contributed by atoms with Crippen molar-refractivity contribution in [3.63, 3.8) is 0 Å². The standard InChI is InChI=1S/C23H36O5/c1-15-6-7-16-20(4)13-26-19(2,3)27-17(20)8-9-21(16,5)23(15)11-10-22(28-23)12-18(24)25-14-22/h15-17H,6-14H2,1-5H3/t15-,16-,17+,20+,21+,22-,23-/m1/s1. The van der Waals surface area contributed by atoms with Gasteiger partial charge in [-0.1, -0.05) is 20.8 Å². The molecule has 0 amide bonds. The number of carbonyl (C=O) groups is 1. The lowest BCUT2D eigenvalue weighted by Gasteiger charge is -2.67. The summed E-state index contributed by atoms with van der Waals surface area (Å²) in [4.78, 5) is 11.9. The van der Waals surface area contributed by atoms with Crippen LogP contribution in [-0.2, 0) is 23.7 Å². The van der Waals surface area contributed by atoms with Crippen LogP contribution in [0, 0.1) is 22.7 Å². The molecule has 5 aliphatic rings. The van der Waals surface area contributed by atoms with Crippen LogP contribution in [0.2, 0.25) is 0 Å². The van der Waals surface area contributed by atoms with Crippen LogP contribution < -0.4 is 0 Å². The maximum absolute atomic E-state index is 11.9. The predicted octanol–water partition coefficient (Wildman–Crippen LogP) is 4.23. The third-order valence-electron chi connectivity index (χ3n) is 9.35. The minimum Gasteiger partial charge on any atom is -0.463 e. The summed E-state index contributed by atoms with van der Waals surface area (Å²) in [6, 6.07) is 0. The Bertz CT molecular complexity index is 690. The van der Waals surface area contributed by atoms with E-state index in [-0.39, 0.29) is 28.5 Å². The fourth-order valence-electron chi connectivity index (χ4n) is 7.80. The van der Waals surface area contributed by atoms with Gasteiger partial charge in [0, 0.05) is 10.8 Å². The number of fused-ring (bicyclic) bond motifs is 4. The quantitative estimate of drug-likeness (QED) is 0.578. The van der Waals surface area contributed by atoms with Crippen LogP contribution in [0.15, 0.2) is 0 Å². The lowest BCUT2D eigenvalue weighted by molar-refractivity contribution is -0.358. The maximum Gasteiger partial charge on any atom is 0.308 e. The first-order valence-corrected chi connectivity index (χ1v) is 11.2. The molecule has 5 nitrogen and oxygen atoms in total. The van der Waals surface area contributed by atoms with Crippen molar-refractivity contribution in [3.8, 4) is 0 Å². The van der Waals surface area contributed by atoms with Crippen molar-refractivity contribution >= 4 is 5.97 Å². The molecule has 3 saturated heterocycles. The van der Waals surface area contributed by atoms with Gasteiger partial charge in [0.25, 0.3) is 0 Å². The summed E-state index contributed by atoms with van der Waals surface area (Å²) in [5, 5.41) is 0. The molecule has 0 radical (unpaired) electrons. The highest BCUT2D eigenvalue weighted by Crippen LogP contribution is 2.69. The highest BCUT2D eigenvalue weighted by molar-refractivity contribution is 5.73. The fraction of sp³-hybridized carbons (Fsp3) is 0.957. The normalized spacial score (nSPS) is 55.2. The minimum atomic E-state index is -0.493. The van der Waals surface area contributed by atoms with E-state index in [0.717, 1.165) is 38.7 Å². The second kappa shape index (κ2) is 5.73. The van der Waals surface area contributed by atoms with Crippen LogP contribution in [0.3, 0.4) is 0 Å². The Morgan fingerprint density at radius 3 is 2.46 bits per heavy atom. The Kier molecular flexibility index (Phi) is 3.96. The SMILES string of the molecule is C[C@@H]1CC[C@@H]2[C@]3(C)COC(C)(C)O[C@H]3CC[C@]2(C)[C@@]12CC[C@@]1(COC(=O)C1)O2. The van der Waals surface area contributed by atoms with Crippen molar-refractivity contribution in [3.05, 3.63) is 0 Å². The van der Waals surface area contributed by atoms with Gasteiger partial charge < -0.3 is 18.9 Å². The molecule has 0 unspecified atom stereocenters. The van der Waals surface area contributed by atoms with Gasteiger partial charge in [0.2, 0.25) is 0 Å². The van der Waals surface area contributed by atoms with Crippen molar-refractivity contribution in [1.82, 2.24) is 0 Å². The number of ether oxygens (including phenoxy) is 4. The second-order valence-electron chi connectivity index (χ2n) is 11.3. The van der Waals surface area contributed by atoms with Crippen LogP contribution in [-0.4, -0.2) is 42.3 Å². The first-order valence-electron chi connectivity index (χ1n) is 11.2. The summed E-state index contributed by atoms with van der Waals surface area (Å²) in [5.41, 5.74) is -0.490. The highest BCUT2D eigenvalue weighted by atomic mass is 16.7. The fourth-order valence-corrected chi connectivity index (χ4v) is 7.80. The van der Waals surface area contributed by atoms with E-state index in [2.05, 4.69) is 20.8 Å². The third-order valence-corrected chi connectivity index (χ3v) is 9.35. The smallest absolute Gasteiger partial charge is 0.308 e. The van der Waals surface area contributed by atoms with Crippen molar-refractivity contribution in [2.45, 2.75) is 103 Å². The summed E-state index contributed by atoms with van der Waals surface area (Å²) < 4.78 is 25.0. The average molecular weight is 393 g/mol. The van der Waals surface area contributed by atoms with E-state index < -0.39 is 11.4 Å². The molecule has 2 saturated carbocycles. The summed E-state index contributed by atoms with van der Waals surface area (Å²) in [7, 11) is 0. The summed E-state index contributed by atoms with van der Waals surface area (Å²) in [6.07, 6.45) is 7.16. The van der Waals surface area contributed by atoms with E-state index in [1.807, 2.05) is 13.8 Å². The second-order valence-corrected chi connectivity index (χ2v) is 11.3. The van der Waals surface area contributed by atoms with Crippen LogP contribution >= 0.6 is 0 Å². The lowest BCUT2D eigenvalue weighted by atomic mass is 9.43. The molecule has 0 aromatic carbocycles. The number of esters is 1. The first kappa shape index (κ1) is 19.3. The van der Waals surface area contributed by atoms with E-state index in [1.54, 1.807) is 0 Å². The van der Waals surface area contributed by atoms with Crippen LogP contribution in [0.4, 0.5) is 0 Å². The van der Waals surface area contributed by atoms with Gasteiger partial charge in [-0.25, -0.2) is 0 Å². The van der Waals surface area contributed by atoms with Gasteiger partial charge in [-0.15, -0.1) is 0 Å². The molecule has 5 rings (SSSR count). The van der Waals surface area contributed by atoms with E-state index >= 15 is 0 Å². The third kappa shape index (κ3) is 2.39. The Morgan fingerprint density at radius 1 is 0.964 bits per heavy atom. The molecule has 3 heterocycles. The topological polar surface area (TPSA) is 54.0 Å². The van der Waals surface area contributed by atoms with E-state index in [0.29, 0.717) is 24.9 Å². The molecule has 2 aliphatic carbocycles. The molecule has 5 heteroatoms. The molecule has 2 spiro atoms. The molecule has 0 bridgehead atoms. The number of hydrogen-bond acceptors (Lipinski definition) is 5. The zero-order valence-corrected chi connectivity index (χ0v) is 18.1. The largest absolute Gasteiger partial charge is 0.463 e. The van der Waals surface area contributed by atoms with Gasteiger partial charge in [-0.05, 0) is 64.2 Å². The molecular weight excluding hydrogens is 356 g/mol. The van der Waals surface area contributed by atoms with E-state index in [4.69, 9.17) is 18.9 Å². The van der Waals surface area contributed by atoms with E-state index in [1.165, 1.54) is 6.42 Å². The summed E-state index contributed by atoms with van der Waals surface area (Å²) in [6.45, 7) is 12.5. The van der Waals surface area contributed by atoms with Crippen LogP contribution in [0.1, 0.15) is 79.6 Å². The summed E-state index contributed by atoms with van der Waals surface area (Å²) >= 11 is 0. The Hall–Kier alpha value is -0.650. The van der Waals surface area contributed by atoms with Crippen molar-refractivity contribution in [1.29, 1.82) is 0 Å². The Balaban J connectivity index is 1.51. The zero-order valence-electron chi connectivity index (χ0n) is 18.1. The average Bonchev–Trinajstić information content (AvgIpc) is 3.18. The van der Waals surface area contributed by atoms with Crippen molar-refractivity contribution in [2.24, 2.45) is 22.7 Å². The number of hydrogen-bond donors (Lipinski definition) is 0. The van der Waals surface area contributed by atoms with Crippen molar-refractivity contribution < 1.29 is 23.7 Å². The Labute approximate surface area is 168 Å². The van der Waals surface area contributed by atoms with Crippen LogP contribution in [0.25, 0.3) is 0 Å². The van der Waals surface area contributed by atoms with E-state index in [9.17, 15) is 4.79 Å². The van der Waals surface area contributed by atoms with Gasteiger partial charge in [-0.2, -0.15) is 0 Å². The van der Waals surface area contributed by atoms with Gasteiger partial charge in [0.15, 0.2) is 5.79 Å². The first-order chi connectivity index (χ1) is 13.0. The lowest BCUT2D eigenvalue weighted by Crippen LogP contribution is -2.68. The molecule has 0 aromatic heterocycles. The van der Waals surface area contributed by atoms with Gasteiger partial charge in [-0.3, -0.25) is 4.79 Å². The predicted molar refractivity (Wildman–Crippen MR) is 104 cm³/mol. The van der Waals surface area contributed by atoms with Gasteiger partial charge >= 0.3 is 5.97 Å². The molecule has 3 aliphatic heterocycles. The number of rotatable bonds is 0. The maximum atomic E-state index is 11.9. The molecule has 0 N–H and O–H groups in total. The molecule has 0 aromatic rings. The zero-order chi connectivity index (χ0) is 20.0. The Morgan fingerprint density at radius 2 is 1.75 bits per heavy atom. The minimum absolute atomic E-state index is 0.0107. The monoisotopic (exact) mass is 392 g/mol. The summed E-state index contributed by atoms with van der Waals surface area (Å²) in [5.74, 6) is 0.395. The molecule has 28 heavy (non-hydrogen) atoms. The number of cyclic esters (lactones) is 1. The van der Waals surface area contributed by atoms with Gasteiger partial charge in [0.1, 0.15) is 12.2 Å². The number of carbonyl (C=O) groups excluding carboxylic acids is 1. The molecule has 5 fully saturated rings. The highest BCUT2D eigenvalue weighted by Gasteiger charge is 2.70. The van der Waals surface area contributed by atoms with Crippen LogP contribution in [0.5, 0.6) is 0 Å². The molecule has 7 atom stereocenters.